The van der Waals surface area contributed by atoms with Crippen molar-refractivity contribution >= 4 is 18.0 Å². The second-order valence-electron chi connectivity index (χ2n) is 11.0. The summed E-state index contributed by atoms with van der Waals surface area (Å²) in [4.78, 5) is 43.6. The highest BCUT2D eigenvalue weighted by Gasteiger charge is 2.46. The molecule has 0 spiro atoms. The lowest BCUT2D eigenvalue weighted by atomic mass is 9.85. The quantitative estimate of drug-likeness (QED) is 0.616. The monoisotopic (exact) mass is 497 g/mol. The molecule has 1 aromatic heterocycles. The predicted octanol–water partition coefficient (Wildman–Crippen LogP) is 4.12. The van der Waals surface area contributed by atoms with Crippen LogP contribution in [0.25, 0.3) is 11.1 Å². The Labute approximate surface area is 211 Å². The number of ether oxygens (including phenoxy) is 2. The van der Waals surface area contributed by atoms with Crippen LogP contribution in [0.4, 0.5) is 4.79 Å². The van der Waals surface area contributed by atoms with Crippen LogP contribution in [0.2, 0.25) is 0 Å². The summed E-state index contributed by atoms with van der Waals surface area (Å²) in [5.41, 5.74) is 0.407. The van der Waals surface area contributed by atoms with Crippen LogP contribution in [0.3, 0.4) is 0 Å². The van der Waals surface area contributed by atoms with E-state index in [1.54, 1.807) is 53.9 Å². The maximum Gasteiger partial charge on any atom is 0.408 e. The number of aromatic nitrogens is 1. The Morgan fingerprint density at radius 3 is 2.31 bits per heavy atom. The smallest absolute Gasteiger partial charge is 0.408 e. The molecule has 2 N–H and O–H groups in total. The molecule has 0 saturated carbocycles. The Kier molecular flexibility index (Phi) is 7.91. The Hall–Kier alpha value is -3.62. The average Bonchev–Trinajstić information content (AvgIpc) is 3.20. The molecule has 2 aromatic rings. The normalized spacial score (nSPS) is 18.9. The molecule has 1 aliphatic heterocycles. The molecule has 3 rings (SSSR count). The second-order valence-corrected chi connectivity index (χ2v) is 11.0. The molecule has 1 aliphatic rings. The minimum atomic E-state index is -1.13. The van der Waals surface area contributed by atoms with Crippen molar-refractivity contribution in [3.05, 3.63) is 48.8 Å². The standard InChI is InChI=1S/C27H35N3O6/c1-26(2,3)22(29-25(34)36-27(4,5)6)23(31)30-16-20(13-21(30)24(32)33)35-19-12-18(14-28-15-19)17-10-8-7-9-11-17/h7-12,14-15,20-22H,13,16H2,1-6H3,(H,29,34)(H,32,33)/t20-,21+,22?/m1/s1. The van der Waals surface area contributed by atoms with Gasteiger partial charge in [-0.25, -0.2) is 9.59 Å². The predicted molar refractivity (Wildman–Crippen MR) is 134 cm³/mol. The van der Waals surface area contributed by atoms with E-state index in [4.69, 9.17) is 9.47 Å². The van der Waals surface area contributed by atoms with Gasteiger partial charge in [-0.1, -0.05) is 51.1 Å². The second kappa shape index (κ2) is 10.6. The summed E-state index contributed by atoms with van der Waals surface area (Å²) in [6.07, 6.45) is 2.11. The number of alkyl carbamates (subject to hydrolysis) is 1. The van der Waals surface area contributed by atoms with Crippen molar-refractivity contribution in [1.82, 2.24) is 15.2 Å². The average molecular weight is 498 g/mol. The van der Waals surface area contributed by atoms with Crippen molar-refractivity contribution in [2.45, 2.75) is 71.8 Å². The van der Waals surface area contributed by atoms with E-state index >= 15 is 0 Å². The van der Waals surface area contributed by atoms with Crippen molar-refractivity contribution in [1.29, 1.82) is 0 Å². The van der Waals surface area contributed by atoms with E-state index in [0.29, 0.717) is 5.75 Å². The molecule has 1 fully saturated rings. The lowest BCUT2D eigenvalue weighted by Crippen LogP contribution is -2.57. The lowest BCUT2D eigenvalue weighted by Gasteiger charge is -2.35. The SMILES string of the molecule is CC(C)(C)OC(=O)NC(C(=O)N1C[C@H](Oc2cncc(-c3ccccc3)c2)C[C@H]1C(=O)O)C(C)(C)C. The van der Waals surface area contributed by atoms with E-state index in [9.17, 15) is 19.5 Å². The van der Waals surface area contributed by atoms with Gasteiger partial charge in [0.1, 0.15) is 29.5 Å². The van der Waals surface area contributed by atoms with E-state index in [2.05, 4.69) is 10.3 Å². The van der Waals surface area contributed by atoms with Crippen molar-refractivity contribution < 1.29 is 29.0 Å². The van der Waals surface area contributed by atoms with Crippen molar-refractivity contribution in [3.8, 4) is 16.9 Å². The van der Waals surface area contributed by atoms with Gasteiger partial charge in [0.2, 0.25) is 5.91 Å². The van der Waals surface area contributed by atoms with Crippen LogP contribution < -0.4 is 10.1 Å². The van der Waals surface area contributed by atoms with Gasteiger partial charge in [-0.15, -0.1) is 0 Å². The number of carbonyl (C=O) groups excluding carboxylic acids is 2. The fourth-order valence-corrected chi connectivity index (χ4v) is 4.06. The molecular formula is C27H35N3O6. The Bertz CT molecular complexity index is 1090. The van der Waals surface area contributed by atoms with Crippen molar-refractivity contribution in [2.75, 3.05) is 6.54 Å². The highest BCUT2D eigenvalue weighted by atomic mass is 16.6. The van der Waals surface area contributed by atoms with E-state index in [1.807, 2.05) is 36.4 Å². The van der Waals surface area contributed by atoms with E-state index in [-0.39, 0.29) is 13.0 Å². The molecule has 9 nitrogen and oxygen atoms in total. The fourth-order valence-electron chi connectivity index (χ4n) is 4.06. The molecule has 1 unspecified atom stereocenters. The van der Waals surface area contributed by atoms with Crippen LogP contribution in [0, 0.1) is 5.41 Å². The number of benzene rings is 1. The number of hydrogen-bond acceptors (Lipinski definition) is 6. The lowest BCUT2D eigenvalue weighted by molar-refractivity contribution is -0.150. The highest BCUT2D eigenvalue weighted by molar-refractivity contribution is 5.90. The number of rotatable bonds is 6. The molecule has 1 saturated heterocycles. The molecule has 194 valence electrons. The molecule has 0 bridgehead atoms. The molecule has 2 amide bonds. The maximum absolute atomic E-state index is 13.6. The first-order chi connectivity index (χ1) is 16.7. The third kappa shape index (κ3) is 6.96. The van der Waals surface area contributed by atoms with Crippen LogP contribution in [0.1, 0.15) is 48.0 Å². The van der Waals surface area contributed by atoms with Crippen LogP contribution in [-0.2, 0) is 14.3 Å². The fraction of sp³-hybridized carbons (Fsp3) is 0.481. The van der Waals surface area contributed by atoms with Gasteiger partial charge in [-0.05, 0) is 37.8 Å². The van der Waals surface area contributed by atoms with Crippen LogP contribution in [0.15, 0.2) is 48.8 Å². The molecule has 0 radical (unpaired) electrons. The number of amides is 2. The number of likely N-dealkylation sites (tertiary alicyclic amines) is 1. The Morgan fingerprint density at radius 1 is 1.06 bits per heavy atom. The van der Waals surface area contributed by atoms with Gasteiger partial charge in [0, 0.05) is 18.2 Å². The van der Waals surface area contributed by atoms with E-state index in [0.717, 1.165) is 11.1 Å². The van der Waals surface area contributed by atoms with Crippen LogP contribution >= 0.6 is 0 Å². The first-order valence-electron chi connectivity index (χ1n) is 11.9. The van der Waals surface area contributed by atoms with Gasteiger partial charge < -0.3 is 24.8 Å². The summed E-state index contributed by atoms with van der Waals surface area (Å²) in [5.74, 6) is -1.14. The van der Waals surface area contributed by atoms with Gasteiger partial charge in [0.05, 0.1) is 12.7 Å². The summed E-state index contributed by atoms with van der Waals surface area (Å²) in [6, 6.07) is 9.47. The topological polar surface area (TPSA) is 118 Å². The first kappa shape index (κ1) is 27.0. The molecule has 1 aromatic carbocycles. The van der Waals surface area contributed by atoms with E-state index in [1.165, 1.54) is 4.90 Å². The number of carbonyl (C=O) groups is 3. The van der Waals surface area contributed by atoms with Gasteiger partial charge in [-0.2, -0.15) is 0 Å². The highest BCUT2D eigenvalue weighted by Crippen LogP contribution is 2.29. The third-order valence-corrected chi connectivity index (χ3v) is 5.73. The summed E-state index contributed by atoms with van der Waals surface area (Å²) in [5, 5.41) is 12.5. The molecule has 36 heavy (non-hydrogen) atoms. The largest absolute Gasteiger partial charge is 0.487 e. The Morgan fingerprint density at radius 2 is 1.72 bits per heavy atom. The maximum atomic E-state index is 13.6. The molecule has 2 heterocycles. The Balaban J connectivity index is 1.78. The summed E-state index contributed by atoms with van der Waals surface area (Å²) in [7, 11) is 0. The minimum absolute atomic E-state index is 0.0634. The number of pyridine rings is 1. The van der Waals surface area contributed by atoms with Gasteiger partial charge in [-0.3, -0.25) is 9.78 Å². The van der Waals surface area contributed by atoms with Gasteiger partial charge in [0.15, 0.2) is 0 Å². The van der Waals surface area contributed by atoms with Crippen molar-refractivity contribution in [3.63, 3.8) is 0 Å². The zero-order chi connectivity index (χ0) is 26.7. The number of nitrogens with zero attached hydrogens (tertiary/aromatic N) is 2. The van der Waals surface area contributed by atoms with Gasteiger partial charge in [0.25, 0.3) is 0 Å². The molecule has 3 atom stereocenters. The molecule has 9 heteroatoms. The number of hydrogen-bond donors (Lipinski definition) is 2. The number of carboxylic acids is 1. The zero-order valence-electron chi connectivity index (χ0n) is 21.6. The number of aliphatic carboxylic acids is 1. The van der Waals surface area contributed by atoms with Crippen LogP contribution in [-0.4, -0.2) is 63.3 Å². The van der Waals surface area contributed by atoms with E-state index < -0.39 is 47.2 Å². The number of nitrogens with one attached hydrogen (secondary N) is 1. The zero-order valence-corrected chi connectivity index (χ0v) is 21.6. The molecular weight excluding hydrogens is 462 g/mol. The van der Waals surface area contributed by atoms with Gasteiger partial charge >= 0.3 is 12.1 Å². The minimum Gasteiger partial charge on any atom is -0.487 e. The summed E-state index contributed by atoms with van der Waals surface area (Å²) < 4.78 is 11.4. The van der Waals surface area contributed by atoms with Crippen molar-refractivity contribution in [2.24, 2.45) is 5.41 Å². The summed E-state index contributed by atoms with van der Waals surface area (Å²) in [6.45, 7) is 10.6. The number of carboxylic acid groups (broad SMARTS) is 1. The van der Waals surface area contributed by atoms with Crippen LogP contribution in [0.5, 0.6) is 5.75 Å². The third-order valence-electron chi connectivity index (χ3n) is 5.73. The molecule has 0 aliphatic carbocycles. The first-order valence-corrected chi connectivity index (χ1v) is 11.9. The summed E-state index contributed by atoms with van der Waals surface area (Å²) >= 11 is 0.